The maximum absolute atomic E-state index is 11.4. The van der Waals surface area contributed by atoms with Crippen LogP contribution in [0.1, 0.15) is 24.5 Å². The normalized spacial score (nSPS) is 12.0. The first-order valence-electron chi connectivity index (χ1n) is 6.13. The Morgan fingerprint density at radius 2 is 2.11 bits per heavy atom. The van der Waals surface area contributed by atoms with Crippen molar-refractivity contribution in [3.63, 3.8) is 0 Å². The molecule has 0 radical (unpaired) electrons. The van der Waals surface area contributed by atoms with Gasteiger partial charge in [0.15, 0.2) is 0 Å². The maximum atomic E-state index is 11.4. The number of ether oxygens (including phenoxy) is 1. The number of hydrogen-bond acceptors (Lipinski definition) is 3. The van der Waals surface area contributed by atoms with Crippen LogP contribution in [0.15, 0.2) is 18.2 Å². The van der Waals surface area contributed by atoms with Gasteiger partial charge in [-0.1, -0.05) is 6.07 Å². The fourth-order valence-electron chi connectivity index (χ4n) is 1.46. The van der Waals surface area contributed by atoms with Gasteiger partial charge < -0.3 is 15.2 Å². The Hall–Kier alpha value is -1.55. The molecule has 0 heterocycles. The third-order valence-corrected chi connectivity index (χ3v) is 2.76. The van der Waals surface area contributed by atoms with Crippen LogP contribution < -0.4 is 10.1 Å². The Bertz CT molecular complexity index is 404. The molecule has 4 nitrogen and oxygen atoms in total. The van der Waals surface area contributed by atoms with Crippen molar-refractivity contribution in [2.45, 2.75) is 33.2 Å². The maximum Gasteiger partial charge on any atom is 0.223 e. The van der Waals surface area contributed by atoms with E-state index in [0.717, 1.165) is 5.75 Å². The first kappa shape index (κ1) is 14.5. The molecule has 1 atom stereocenters. The molecule has 1 amide bonds. The number of aryl methyl sites for hydroxylation is 2. The quantitative estimate of drug-likeness (QED) is 0.807. The number of carbonyl (C=O) groups excluding carboxylic acids is 1. The summed E-state index contributed by atoms with van der Waals surface area (Å²) in [5.74, 6) is 0.668. The topological polar surface area (TPSA) is 58.6 Å². The molecule has 0 fully saturated rings. The zero-order valence-corrected chi connectivity index (χ0v) is 11.2. The molecule has 0 aliphatic carbocycles. The van der Waals surface area contributed by atoms with Gasteiger partial charge in [0.1, 0.15) is 5.75 Å². The van der Waals surface area contributed by atoms with Gasteiger partial charge in [0.25, 0.3) is 0 Å². The molecule has 1 aromatic rings. The summed E-state index contributed by atoms with van der Waals surface area (Å²) in [5, 5.41) is 11.5. The molecule has 0 bridgehead atoms. The van der Waals surface area contributed by atoms with E-state index in [0.29, 0.717) is 6.61 Å². The van der Waals surface area contributed by atoms with Crippen molar-refractivity contribution in [3.8, 4) is 5.75 Å². The molecule has 2 N–H and O–H groups in total. The van der Waals surface area contributed by atoms with Crippen molar-refractivity contribution in [2.75, 3.05) is 13.2 Å². The molecule has 0 aliphatic heterocycles. The van der Waals surface area contributed by atoms with E-state index in [2.05, 4.69) is 5.32 Å². The van der Waals surface area contributed by atoms with Gasteiger partial charge in [-0.3, -0.25) is 4.79 Å². The second-order valence-corrected chi connectivity index (χ2v) is 4.50. The number of carbonyl (C=O) groups is 1. The van der Waals surface area contributed by atoms with E-state index in [1.165, 1.54) is 11.1 Å². The fourth-order valence-corrected chi connectivity index (χ4v) is 1.46. The van der Waals surface area contributed by atoms with Crippen molar-refractivity contribution < 1.29 is 14.6 Å². The minimum atomic E-state index is -0.209. The molecule has 18 heavy (non-hydrogen) atoms. The standard InChI is InChI=1S/C14H21NO3/c1-10-4-5-13(8-11(10)2)18-7-6-14(17)15-12(3)9-16/h4-5,8,12,16H,6-7,9H2,1-3H3,(H,15,17)/t12-/m0/s1. The van der Waals surface area contributed by atoms with Crippen LogP contribution >= 0.6 is 0 Å². The van der Waals surface area contributed by atoms with Crippen LogP contribution in [0, 0.1) is 13.8 Å². The predicted octanol–water partition coefficient (Wildman–Crippen LogP) is 1.57. The largest absolute Gasteiger partial charge is 0.493 e. The van der Waals surface area contributed by atoms with Gasteiger partial charge in [-0.15, -0.1) is 0 Å². The Balaban J connectivity index is 2.33. The van der Waals surface area contributed by atoms with Gasteiger partial charge >= 0.3 is 0 Å². The fraction of sp³-hybridized carbons (Fsp3) is 0.500. The van der Waals surface area contributed by atoms with E-state index in [4.69, 9.17) is 9.84 Å². The molecule has 0 aliphatic rings. The van der Waals surface area contributed by atoms with Crippen LogP contribution in [-0.2, 0) is 4.79 Å². The number of aliphatic hydroxyl groups excluding tert-OH is 1. The third kappa shape index (κ3) is 4.75. The first-order valence-corrected chi connectivity index (χ1v) is 6.13. The van der Waals surface area contributed by atoms with Gasteiger partial charge in [-0.25, -0.2) is 0 Å². The zero-order valence-electron chi connectivity index (χ0n) is 11.2. The van der Waals surface area contributed by atoms with Crippen molar-refractivity contribution in [2.24, 2.45) is 0 Å². The van der Waals surface area contributed by atoms with Gasteiger partial charge in [0.05, 0.1) is 19.6 Å². The average molecular weight is 251 g/mol. The first-order chi connectivity index (χ1) is 8.52. The molecular formula is C14H21NO3. The van der Waals surface area contributed by atoms with Crippen LogP contribution in [0.25, 0.3) is 0 Å². The van der Waals surface area contributed by atoms with Gasteiger partial charge in [0.2, 0.25) is 5.91 Å². The summed E-state index contributed by atoms with van der Waals surface area (Å²) in [5.41, 5.74) is 2.39. The average Bonchev–Trinajstić information content (AvgIpc) is 2.33. The minimum absolute atomic E-state index is 0.0518. The lowest BCUT2D eigenvalue weighted by atomic mass is 10.1. The highest BCUT2D eigenvalue weighted by Gasteiger charge is 2.06. The van der Waals surface area contributed by atoms with Crippen molar-refractivity contribution >= 4 is 5.91 Å². The lowest BCUT2D eigenvalue weighted by Gasteiger charge is -2.11. The second-order valence-electron chi connectivity index (χ2n) is 4.50. The molecule has 0 saturated heterocycles. The van der Waals surface area contributed by atoms with Crippen LogP contribution in [0.3, 0.4) is 0 Å². The number of aliphatic hydroxyl groups is 1. The van der Waals surface area contributed by atoms with E-state index in [9.17, 15) is 4.79 Å². The summed E-state index contributed by atoms with van der Waals surface area (Å²) in [6.07, 6.45) is 0.289. The van der Waals surface area contributed by atoms with Crippen molar-refractivity contribution in [1.29, 1.82) is 0 Å². The van der Waals surface area contributed by atoms with Gasteiger partial charge in [0, 0.05) is 6.04 Å². The number of nitrogens with one attached hydrogen (secondary N) is 1. The Morgan fingerprint density at radius 3 is 2.72 bits per heavy atom. The SMILES string of the molecule is Cc1ccc(OCCC(=O)N[C@@H](C)CO)cc1C. The molecule has 4 heteroatoms. The summed E-state index contributed by atoms with van der Waals surface area (Å²) in [7, 11) is 0. The number of amides is 1. The molecule has 0 saturated carbocycles. The lowest BCUT2D eigenvalue weighted by Crippen LogP contribution is -2.35. The highest BCUT2D eigenvalue weighted by atomic mass is 16.5. The monoisotopic (exact) mass is 251 g/mol. The number of benzene rings is 1. The molecule has 1 rings (SSSR count). The highest BCUT2D eigenvalue weighted by Crippen LogP contribution is 2.16. The van der Waals surface area contributed by atoms with Crippen LogP contribution in [0.2, 0.25) is 0 Å². The van der Waals surface area contributed by atoms with Crippen LogP contribution in [0.4, 0.5) is 0 Å². The van der Waals surface area contributed by atoms with E-state index < -0.39 is 0 Å². The summed E-state index contributed by atoms with van der Waals surface area (Å²) in [6.45, 7) is 6.11. The Morgan fingerprint density at radius 1 is 1.39 bits per heavy atom. The highest BCUT2D eigenvalue weighted by molar-refractivity contribution is 5.76. The smallest absolute Gasteiger partial charge is 0.223 e. The van der Waals surface area contributed by atoms with E-state index in [1.807, 2.05) is 32.0 Å². The second kappa shape index (κ2) is 7.01. The molecule has 0 unspecified atom stereocenters. The number of hydrogen-bond donors (Lipinski definition) is 2. The van der Waals surface area contributed by atoms with Crippen LogP contribution in [0.5, 0.6) is 5.75 Å². The zero-order chi connectivity index (χ0) is 13.5. The molecular weight excluding hydrogens is 230 g/mol. The molecule has 0 aromatic heterocycles. The van der Waals surface area contributed by atoms with E-state index in [-0.39, 0.29) is 25.0 Å². The molecule has 1 aromatic carbocycles. The Kier molecular flexibility index (Phi) is 5.65. The third-order valence-electron chi connectivity index (χ3n) is 2.76. The summed E-state index contributed by atoms with van der Waals surface area (Å²) < 4.78 is 5.50. The Labute approximate surface area is 108 Å². The lowest BCUT2D eigenvalue weighted by molar-refractivity contribution is -0.122. The summed E-state index contributed by atoms with van der Waals surface area (Å²) in [6, 6.07) is 5.65. The van der Waals surface area contributed by atoms with E-state index >= 15 is 0 Å². The predicted molar refractivity (Wildman–Crippen MR) is 70.7 cm³/mol. The van der Waals surface area contributed by atoms with Crippen molar-refractivity contribution in [3.05, 3.63) is 29.3 Å². The summed E-state index contributed by atoms with van der Waals surface area (Å²) >= 11 is 0. The summed E-state index contributed by atoms with van der Waals surface area (Å²) in [4.78, 5) is 11.4. The minimum Gasteiger partial charge on any atom is -0.493 e. The van der Waals surface area contributed by atoms with E-state index in [1.54, 1.807) is 6.92 Å². The number of rotatable bonds is 6. The van der Waals surface area contributed by atoms with Gasteiger partial charge in [-0.05, 0) is 44.0 Å². The molecule has 0 spiro atoms. The van der Waals surface area contributed by atoms with Crippen LogP contribution in [-0.4, -0.2) is 30.3 Å². The molecule has 100 valence electrons. The van der Waals surface area contributed by atoms with Gasteiger partial charge in [-0.2, -0.15) is 0 Å². The van der Waals surface area contributed by atoms with Crippen molar-refractivity contribution in [1.82, 2.24) is 5.32 Å².